The molecule has 3 aromatic carbocycles. The summed E-state index contributed by atoms with van der Waals surface area (Å²) in [6.07, 6.45) is 1.72. The first-order valence-electron chi connectivity index (χ1n) is 10.7. The normalized spacial score (nSPS) is 14.2. The Morgan fingerprint density at radius 2 is 1.75 bits per heavy atom. The van der Waals surface area contributed by atoms with E-state index in [-0.39, 0.29) is 12.5 Å². The molecule has 0 atom stereocenters. The van der Waals surface area contributed by atoms with Gasteiger partial charge in [-0.3, -0.25) is 14.5 Å². The molecule has 184 valence electrons. The van der Waals surface area contributed by atoms with E-state index in [1.54, 1.807) is 55.7 Å². The predicted octanol–water partition coefficient (Wildman–Crippen LogP) is 5.27. The molecule has 0 aromatic heterocycles. The van der Waals surface area contributed by atoms with Crippen LogP contribution in [0.15, 0.2) is 71.6 Å². The van der Waals surface area contributed by atoms with Crippen molar-refractivity contribution in [3.05, 3.63) is 83.0 Å². The van der Waals surface area contributed by atoms with Crippen LogP contribution in [-0.2, 0) is 9.59 Å². The van der Waals surface area contributed by atoms with Gasteiger partial charge in [-0.2, -0.15) is 0 Å². The summed E-state index contributed by atoms with van der Waals surface area (Å²) in [4.78, 5) is 27.1. The summed E-state index contributed by atoms with van der Waals surface area (Å²) < 4.78 is 29.6. The second-order valence-corrected chi connectivity index (χ2v) is 9.14. The number of nitrogens with one attached hydrogen (secondary N) is 1. The SMILES string of the molecule is COc1ccc(N2C(=O)/C(=C/c3ccc(OCC(=O)Nc4ccc(F)cc4)c(OC)c3)SC2=S)cc1. The van der Waals surface area contributed by atoms with Crippen LogP contribution >= 0.6 is 24.0 Å². The Morgan fingerprint density at radius 3 is 2.42 bits per heavy atom. The molecule has 4 rings (SSSR count). The van der Waals surface area contributed by atoms with Crippen LogP contribution in [0.3, 0.4) is 0 Å². The Labute approximate surface area is 216 Å². The quantitative estimate of drug-likeness (QED) is 0.318. The number of thioether (sulfide) groups is 1. The van der Waals surface area contributed by atoms with Crippen LogP contribution < -0.4 is 24.4 Å². The van der Waals surface area contributed by atoms with Gasteiger partial charge in [0.15, 0.2) is 22.4 Å². The highest BCUT2D eigenvalue weighted by molar-refractivity contribution is 8.27. The van der Waals surface area contributed by atoms with Crippen LogP contribution in [0.4, 0.5) is 15.8 Å². The lowest BCUT2D eigenvalue weighted by Gasteiger charge is -2.14. The number of thiocarbonyl (C=S) groups is 1. The largest absolute Gasteiger partial charge is 0.497 e. The molecule has 10 heteroatoms. The Kier molecular flexibility index (Phi) is 7.87. The number of halogens is 1. The molecule has 36 heavy (non-hydrogen) atoms. The van der Waals surface area contributed by atoms with Crippen molar-refractivity contribution in [3.63, 3.8) is 0 Å². The maximum Gasteiger partial charge on any atom is 0.270 e. The highest BCUT2D eigenvalue weighted by atomic mass is 32.2. The monoisotopic (exact) mass is 524 g/mol. The first-order valence-corrected chi connectivity index (χ1v) is 11.9. The summed E-state index contributed by atoms with van der Waals surface area (Å²) in [5, 5.41) is 2.62. The van der Waals surface area contributed by atoms with Gasteiger partial charge in [-0.25, -0.2) is 4.39 Å². The smallest absolute Gasteiger partial charge is 0.270 e. The van der Waals surface area contributed by atoms with Crippen molar-refractivity contribution in [3.8, 4) is 17.2 Å². The summed E-state index contributed by atoms with van der Waals surface area (Å²) in [7, 11) is 3.05. The molecule has 1 aliphatic heterocycles. The fourth-order valence-corrected chi connectivity index (χ4v) is 4.64. The van der Waals surface area contributed by atoms with Crippen molar-refractivity contribution in [2.45, 2.75) is 0 Å². The lowest BCUT2D eigenvalue weighted by molar-refractivity contribution is -0.118. The maximum atomic E-state index is 13.0. The van der Waals surface area contributed by atoms with E-state index < -0.39 is 11.7 Å². The summed E-state index contributed by atoms with van der Waals surface area (Å²) in [6, 6.07) is 17.6. The van der Waals surface area contributed by atoms with E-state index in [9.17, 15) is 14.0 Å². The molecular weight excluding hydrogens is 503 g/mol. The second-order valence-electron chi connectivity index (χ2n) is 7.47. The van der Waals surface area contributed by atoms with Gasteiger partial charge in [0, 0.05) is 5.69 Å². The fraction of sp³-hybridized carbons (Fsp3) is 0.115. The van der Waals surface area contributed by atoms with Crippen molar-refractivity contribution in [1.29, 1.82) is 0 Å². The minimum Gasteiger partial charge on any atom is -0.497 e. The molecule has 0 unspecified atom stereocenters. The molecule has 0 radical (unpaired) electrons. The minimum atomic E-state index is -0.407. The maximum absolute atomic E-state index is 13.0. The number of rotatable bonds is 8. The zero-order valence-corrected chi connectivity index (χ0v) is 21.0. The Morgan fingerprint density at radius 1 is 1.03 bits per heavy atom. The Hall–Kier alpha value is -3.89. The zero-order valence-electron chi connectivity index (χ0n) is 19.3. The molecule has 0 aliphatic carbocycles. The summed E-state index contributed by atoms with van der Waals surface area (Å²) in [6.45, 7) is -0.270. The molecule has 2 amide bonds. The molecule has 7 nitrogen and oxygen atoms in total. The van der Waals surface area contributed by atoms with Crippen LogP contribution in [0.5, 0.6) is 17.2 Å². The molecule has 1 fully saturated rings. The molecule has 0 spiro atoms. The average Bonchev–Trinajstić information content (AvgIpc) is 3.16. The molecule has 0 saturated carbocycles. The van der Waals surface area contributed by atoms with Crippen molar-refractivity contribution in [2.24, 2.45) is 0 Å². The van der Waals surface area contributed by atoms with Crippen LogP contribution in [0.1, 0.15) is 5.56 Å². The van der Waals surface area contributed by atoms with Gasteiger partial charge in [0.25, 0.3) is 11.8 Å². The van der Waals surface area contributed by atoms with E-state index in [0.717, 1.165) is 0 Å². The van der Waals surface area contributed by atoms with Crippen LogP contribution in [0.25, 0.3) is 6.08 Å². The number of anilines is 2. The number of benzene rings is 3. The van der Waals surface area contributed by atoms with E-state index in [2.05, 4.69) is 5.32 Å². The lowest BCUT2D eigenvalue weighted by Crippen LogP contribution is -2.27. The van der Waals surface area contributed by atoms with Crippen molar-refractivity contribution in [1.82, 2.24) is 0 Å². The third kappa shape index (κ3) is 5.84. The topological polar surface area (TPSA) is 77.1 Å². The van der Waals surface area contributed by atoms with Crippen molar-refractivity contribution >= 4 is 57.6 Å². The molecule has 1 aliphatic rings. The van der Waals surface area contributed by atoms with Gasteiger partial charge < -0.3 is 19.5 Å². The number of amides is 2. The number of nitrogens with zero attached hydrogens (tertiary/aromatic N) is 1. The van der Waals surface area contributed by atoms with E-state index in [0.29, 0.717) is 43.4 Å². The van der Waals surface area contributed by atoms with E-state index >= 15 is 0 Å². The summed E-state index contributed by atoms with van der Waals surface area (Å²) in [5.41, 5.74) is 1.81. The van der Waals surface area contributed by atoms with Gasteiger partial charge in [0.2, 0.25) is 0 Å². The number of carbonyl (C=O) groups excluding carboxylic acids is 2. The number of carbonyl (C=O) groups is 2. The van der Waals surface area contributed by atoms with Crippen LogP contribution in [-0.4, -0.2) is 37.0 Å². The third-order valence-corrected chi connectivity index (χ3v) is 6.40. The number of hydrogen-bond donors (Lipinski definition) is 1. The highest BCUT2D eigenvalue weighted by Crippen LogP contribution is 2.37. The van der Waals surface area contributed by atoms with Crippen LogP contribution in [0, 0.1) is 5.82 Å². The fourth-order valence-electron chi connectivity index (χ4n) is 3.34. The molecule has 1 heterocycles. The van der Waals surface area contributed by atoms with Gasteiger partial charge in [-0.05, 0) is 72.3 Å². The van der Waals surface area contributed by atoms with Crippen LogP contribution in [0.2, 0.25) is 0 Å². The summed E-state index contributed by atoms with van der Waals surface area (Å²) >= 11 is 6.63. The standard InChI is InChI=1S/C26H21FN2O5S2/c1-32-20-10-8-19(9-11-20)29-25(31)23(36-26(29)35)14-16-3-12-21(22(13-16)33-2)34-15-24(30)28-18-6-4-17(27)5-7-18/h3-14H,15H2,1-2H3,(H,28,30)/b23-14-. The van der Waals surface area contributed by atoms with Crippen molar-refractivity contribution in [2.75, 3.05) is 31.0 Å². The van der Waals surface area contributed by atoms with Gasteiger partial charge in [-0.1, -0.05) is 30.0 Å². The van der Waals surface area contributed by atoms with Crippen molar-refractivity contribution < 1.29 is 28.2 Å². The molecule has 3 aromatic rings. The summed E-state index contributed by atoms with van der Waals surface area (Å²) in [5.74, 6) is 0.402. The molecule has 1 N–H and O–H groups in total. The number of hydrogen-bond acceptors (Lipinski definition) is 7. The predicted molar refractivity (Wildman–Crippen MR) is 142 cm³/mol. The van der Waals surface area contributed by atoms with Gasteiger partial charge in [-0.15, -0.1) is 0 Å². The number of ether oxygens (including phenoxy) is 3. The van der Waals surface area contributed by atoms with Gasteiger partial charge >= 0.3 is 0 Å². The van der Waals surface area contributed by atoms with E-state index in [1.165, 1.54) is 48.0 Å². The molecular formula is C26H21FN2O5S2. The van der Waals surface area contributed by atoms with Gasteiger partial charge in [0.05, 0.1) is 24.8 Å². The number of methoxy groups -OCH3 is 2. The first-order chi connectivity index (χ1) is 17.4. The highest BCUT2D eigenvalue weighted by Gasteiger charge is 2.33. The third-order valence-electron chi connectivity index (χ3n) is 5.10. The van der Waals surface area contributed by atoms with E-state index in [4.69, 9.17) is 26.4 Å². The Balaban J connectivity index is 1.44. The Bertz CT molecular complexity index is 1330. The molecule has 1 saturated heterocycles. The lowest BCUT2D eigenvalue weighted by atomic mass is 10.1. The second kappa shape index (κ2) is 11.2. The minimum absolute atomic E-state index is 0.230. The average molecular weight is 525 g/mol. The van der Waals surface area contributed by atoms with E-state index in [1.807, 2.05) is 0 Å². The van der Waals surface area contributed by atoms with Gasteiger partial charge in [0.1, 0.15) is 11.6 Å². The molecule has 0 bridgehead atoms. The zero-order chi connectivity index (χ0) is 25.7. The first kappa shape index (κ1) is 25.2.